The number of alkyl halides is 1. The van der Waals surface area contributed by atoms with E-state index in [1.165, 1.54) is 0 Å². The van der Waals surface area contributed by atoms with Gasteiger partial charge in [-0.25, -0.2) is 0 Å². The lowest BCUT2D eigenvalue weighted by molar-refractivity contribution is -0.386. The van der Waals surface area contributed by atoms with Crippen LogP contribution in [0.3, 0.4) is 0 Å². The molecule has 1 fully saturated rings. The van der Waals surface area contributed by atoms with Crippen molar-refractivity contribution in [1.82, 2.24) is 4.98 Å². The molecule has 0 aliphatic carbocycles. The molecule has 4 nitrogen and oxygen atoms in total. The summed E-state index contributed by atoms with van der Waals surface area (Å²) in [6.07, 6.45) is 2.43. The summed E-state index contributed by atoms with van der Waals surface area (Å²) < 4.78 is 0. The van der Waals surface area contributed by atoms with Crippen LogP contribution < -0.4 is 0 Å². The highest BCUT2D eigenvalue weighted by Crippen LogP contribution is 2.34. The highest BCUT2D eigenvalue weighted by molar-refractivity contribution is 9.09. The van der Waals surface area contributed by atoms with Crippen molar-refractivity contribution >= 4 is 33.4 Å². The largest absolute Gasteiger partial charge is 0.278 e. The second kappa shape index (κ2) is 5.57. The first-order valence-electron chi connectivity index (χ1n) is 5.82. The minimum atomic E-state index is -0.301. The van der Waals surface area contributed by atoms with Crippen molar-refractivity contribution < 1.29 is 4.92 Å². The van der Waals surface area contributed by atoms with E-state index in [4.69, 9.17) is 0 Å². The van der Waals surface area contributed by atoms with E-state index in [1.807, 2.05) is 11.8 Å². The average Bonchev–Trinajstić information content (AvgIpc) is 2.68. The van der Waals surface area contributed by atoms with Gasteiger partial charge in [-0.1, -0.05) is 15.9 Å². The minimum absolute atomic E-state index is 0.219. The van der Waals surface area contributed by atoms with Crippen LogP contribution in [0.1, 0.15) is 16.8 Å². The lowest BCUT2D eigenvalue weighted by atomic mass is 9.98. The highest BCUT2D eigenvalue weighted by Gasteiger charge is 2.28. The van der Waals surface area contributed by atoms with Crippen molar-refractivity contribution in [2.24, 2.45) is 5.92 Å². The first-order chi connectivity index (χ1) is 8.50. The summed E-state index contributed by atoms with van der Waals surface area (Å²) in [4.78, 5) is 15.6. The van der Waals surface area contributed by atoms with Crippen molar-refractivity contribution in [2.75, 3.05) is 11.5 Å². The molecule has 0 aromatic carbocycles. The Balaban J connectivity index is 2.29. The van der Waals surface area contributed by atoms with Gasteiger partial charge in [0.15, 0.2) is 0 Å². The molecule has 1 aliphatic rings. The van der Waals surface area contributed by atoms with Gasteiger partial charge in [0.1, 0.15) is 0 Å². The average molecular weight is 331 g/mol. The van der Waals surface area contributed by atoms with Crippen molar-refractivity contribution in [2.45, 2.75) is 25.1 Å². The molecule has 0 N–H and O–H groups in total. The van der Waals surface area contributed by atoms with Gasteiger partial charge in [-0.15, -0.1) is 0 Å². The van der Waals surface area contributed by atoms with Crippen LogP contribution in [0.4, 0.5) is 5.69 Å². The summed E-state index contributed by atoms with van der Waals surface area (Å²) in [6.45, 7) is 3.54. The smallest absolute Gasteiger partial charge is 0.260 e. The molecule has 1 saturated heterocycles. The number of pyridine rings is 1. The maximum atomic E-state index is 11.1. The topological polar surface area (TPSA) is 56.0 Å². The second-order valence-corrected chi connectivity index (χ2v) is 6.89. The molecule has 1 aromatic rings. The molecule has 0 spiro atoms. The number of hydrogen-bond acceptors (Lipinski definition) is 4. The van der Waals surface area contributed by atoms with Crippen LogP contribution in [-0.4, -0.2) is 26.2 Å². The van der Waals surface area contributed by atoms with Crippen LogP contribution >= 0.6 is 27.7 Å². The van der Waals surface area contributed by atoms with Crippen LogP contribution in [0, 0.1) is 29.9 Å². The maximum Gasteiger partial charge on any atom is 0.278 e. The highest BCUT2D eigenvalue weighted by atomic mass is 79.9. The Bertz CT molecular complexity index is 481. The Morgan fingerprint density at radius 2 is 2.28 bits per heavy atom. The van der Waals surface area contributed by atoms with E-state index >= 15 is 0 Å². The third kappa shape index (κ3) is 2.69. The number of hydrogen-bond donors (Lipinski definition) is 0. The quantitative estimate of drug-likeness (QED) is 0.485. The van der Waals surface area contributed by atoms with Crippen molar-refractivity contribution in [3.05, 3.63) is 33.1 Å². The Hall–Kier alpha value is -0.620. The van der Waals surface area contributed by atoms with Gasteiger partial charge in [-0.3, -0.25) is 15.1 Å². The Morgan fingerprint density at radius 1 is 1.56 bits per heavy atom. The molecule has 1 aromatic heterocycles. The summed E-state index contributed by atoms with van der Waals surface area (Å²) >= 11 is 5.59. The van der Waals surface area contributed by atoms with E-state index in [2.05, 4.69) is 20.9 Å². The predicted octanol–water partition coefficient (Wildman–Crippen LogP) is 3.28. The molecule has 2 rings (SSSR count). The van der Waals surface area contributed by atoms with Crippen LogP contribution in [0.2, 0.25) is 0 Å². The van der Waals surface area contributed by atoms with E-state index in [0.29, 0.717) is 16.3 Å². The molecule has 2 atom stereocenters. The number of halogens is 1. The van der Waals surface area contributed by atoms with Gasteiger partial charge >= 0.3 is 0 Å². The normalized spacial score (nSPS) is 23.3. The monoisotopic (exact) mass is 330 g/mol. The molecular weight excluding hydrogens is 316 g/mol. The SMILES string of the molecule is Cc1cnc(CC2CSCC2Br)c(C)c1[N+](=O)[O-]. The molecule has 0 radical (unpaired) electrons. The molecule has 0 amide bonds. The van der Waals surface area contributed by atoms with Gasteiger partial charge < -0.3 is 0 Å². The number of thioether (sulfide) groups is 1. The predicted molar refractivity (Wildman–Crippen MR) is 77.6 cm³/mol. The zero-order valence-electron chi connectivity index (χ0n) is 10.4. The number of nitro groups is 1. The summed E-state index contributed by atoms with van der Waals surface area (Å²) in [5.41, 5.74) is 2.44. The van der Waals surface area contributed by atoms with Gasteiger partial charge in [0, 0.05) is 27.9 Å². The lowest BCUT2D eigenvalue weighted by Crippen LogP contribution is -2.16. The standard InChI is InChI=1S/C12H15BrN2O2S/c1-7-4-14-11(8(2)12(7)15(16)17)3-9-5-18-6-10(9)13/h4,9-10H,3,5-6H2,1-2H3. The Labute approximate surface area is 119 Å². The van der Waals surface area contributed by atoms with E-state index in [-0.39, 0.29) is 10.6 Å². The third-order valence-electron chi connectivity index (χ3n) is 3.33. The third-order valence-corrected chi connectivity index (χ3v) is 6.09. The van der Waals surface area contributed by atoms with Crippen LogP contribution in [0.15, 0.2) is 6.20 Å². The molecular formula is C12H15BrN2O2S. The van der Waals surface area contributed by atoms with Crippen molar-refractivity contribution in [3.63, 3.8) is 0 Å². The molecule has 1 aliphatic heterocycles. The minimum Gasteiger partial charge on any atom is -0.260 e. The van der Waals surface area contributed by atoms with Crippen LogP contribution in [-0.2, 0) is 6.42 Å². The summed E-state index contributed by atoms with van der Waals surface area (Å²) in [5, 5.41) is 11.1. The van der Waals surface area contributed by atoms with Gasteiger partial charge in [-0.05, 0) is 31.9 Å². The Kier molecular flexibility index (Phi) is 4.27. The van der Waals surface area contributed by atoms with Gasteiger partial charge in [-0.2, -0.15) is 11.8 Å². The Morgan fingerprint density at radius 3 is 2.83 bits per heavy atom. The van der Waals surface area contributed by atoms with Crippen molar-refractivity contribution in [1.29, 1.82) is 0 Å². The fourth-order valence-corrected chi connectivity index (χ4v) is 4.73. The van der Waals surface area contributed by atoms with Crippen LogP contribution in [0.5, 0.6) is 0 Å². The zero-order valence-corrected chi connectivity index (χ0v) is 12.8. The maximum absolute atomic E-state index is 11.1. The summed E-state index contributed by atoms with van der Waals surface area (Å²) in [7, 11) is 0. The summed E-state index contributed by atoms with van der Waals surface area (Å²) in [5.74, 6) is 2.72. The molecule has 18 heavy (non-hydrogen) atoms. The first kappa shape index (κ1) is 13.8. The number of aromatic nitrogens is 1. The van der Waals surface area contributed by atoms with Crippen LogP contribution in [0.25, 0.3) is 0 Å². The lowest BCUT2D eigenvalue weighted by Gasteiger charge is -2.14. The molecule has 0 bridgehead atoms. The number of aryl methyl sites for hydroxylation is 1. The van der Waals surface area contributed by atoms with Gasteiger partial charge in [0.2, 0.25) is 0 Å². The second-order valence-electron chi connectivity index (χ2n) is 4.64. The molecule has 2 heterocycles. The number of rotatable bonds is 3. The van der Waals surface area contributed by atoms with E-state index < -0.39 is 0 Å². The molecule has 98 valence electrons. The van der Waals surface area contributed by atoms with Crippen molar-refractivity contribution in [3.8, 4) is 0 Å². The molecule has 2 unspecified atom stereocenters. The van der Waals surface area contributed by atoms with Gasteiger partial charge in [0.05, 0.1) is 10.6 Å². The van der Waals surface area contributed by atoms with E-state index in [9.17, 15) is 10.1 Å². The number of nitrogens with zero attached hydrogens (tertiary/aromatic N) is 2. The fourth-order valence-electron chi connectivity index (χ4n) is 2.26. The van der Waals surface area contributed by atoms with E-state index in [0.717, 1.165) is 29.2 Å². The zero-order chi connectivity index (χ0) is 13.3. The fraction of sp³-hybridized carbons (Fsp3) is 0.583. The molecule has 6 heteroatoms. The summed E-state index contributed by atoms with van der Waals surface area (Å²) in [6, 6.07) is 0. The van der Waals surface area contributed by atoms with E-state index in [1.54, 1.807) is 20.0 Å². The molecule has 0 saturated carbocycles. The first-order valence-corrected chi connectivity index (χ1v) is 7.89. The van der Waals surface area contributed by atoms with Gasteiger partial charge in [0.25, 0.3) is 5.69 Å².